The van der Waals surface area contributed by atoms with Crippen LogP contribution >= 0.6 is 0 Å². The topological polar surface area (TPSA) is 76.1 Å². The van der Waals surface area contributed by atoms with E-state index in [2.05, 4.69) is 20.8 Å². The molecule has 25 heavy (non-hydrogen) atoms. The molecule has 0 fully saturated rings. The fourth-order valence-corrected chi connectivity index (χ4v) is 2.30. The zero-order valence-corrected chi connectivity index (χ0v) is 14.0. The van der Waals surface area contributed by atoms with Gasteiger partial charge in [-0.05, 0) is 48.9 Å². The van der Waals surface area contributed by atoms with Gasteiger partial charge in [0.2, 0.25) is 0 Å². The lowest BCUT2D eigenvalue weighted by Gasteiger charge is -2.11. The number of anilines is 3. The standard InChI is InChI=1S/C19H18N4O2/c1-13-8-10-17(25-2)16(12-13)21-19(24)15-9-11-18(23-22-15)20-14-6-4-3-5-7-14/h3-12H,1-2H3,(H,20,23)(H,21,24). The zero-order valence-electron chi connectivity index (χ0n) is 14.0. The van der Waals surface area contributed by atoms with Crippen molar-refractivity contribution in [3.63, 3.8) is 0 Å². The summed E-state index contributed by atoms with van der Waals surface area (Å²) < 4.78 is 5.26. The van der Waals surface area contributed by atoms with Crippen molar-refractivity contribution >= 4 is 23.1 Å². The second-order valence-corrected chi connectivity index (χ2v) is 5.45. The van der Waals surface area contributed by atoms with Gasteiger partial charge in [-0.3, -0.25) is 4.79 Å². The molecule has 0 saturated carbocycles. The molecule has 1 amide bonds. The summed E-state index contributed by atoms with van der Waals surface area (Å²) in [7, 11) is 1.56. The molecule has 0 bridgehead atoms. The maximum absolute atomic E-state index is 12.4. The van der Waals surface area contributed by atoms with Crippen LogP contribution in [0, 0.1) is 6.92 Å². The largest absolute Gasteiger partial charge is 0.495 e. The highest BCUT2D eigenvalue weighted by Crippen LogP contribution is 2.25. The summed E-state index contributed by atoms with van der Waals surface area (Å²) in [6.07, 6.45) is 0. The van der Waals surface area contributed by atoms with Gasteiger partial charge in [-0.2, -0.15) is 0 Å². The average molecular weight is 334 g/mol. The van der Waals surface area contributed by atoms with Gasteiger partial charge < -0.3 is 15.4 Å². The summed E-state index contributed by atoms with van der Waals surface area (Å²) in [4.78, 5) is 12.4. The molecule has 0 atom stereocenters. The van der Waals surface area contributed by atoms with Gasteiger partial charge in [-0.1, -0.05) is 24.3 Å². The first kappa shape index (κ1) is 16.4. The quantitative estimate of drug-likeness (QED) is 0.742. The van der Waals surface area contributed by atoms with E-state index in [0.717, 1.165) is 11.3 Å². The lowest BCUT2D eigenvalue weighted by Crippen LogP contribution is -2.15. The zero-order chi connectivity index (χ0) is 17.6. The molecule has 126 valence electrons. The van der Waals surface area contributed by atoms with Crippen LogP contribution in [0.3, 0.4) is 0 Å². The highest BCUT2D eigenvalue weighted by atomic mass is 16.5. The van der Waals surface area contributed by atoms with Gasteiger partial charge in [0.25, 0.3) is 5.91 Å². The van der Waals surface area contributed by atoms with E-state index in [1.807, 2.05) is 55.5 Å². The van der Waals surface area contributed by atoms with E-state index in [4.69, 9.17) is 4.74 Å². The Morgan fingerprint density at radius 1 is 1.00 bits per heavy atom. The minimum absolute atomic E-state index is 0.224. The number of nitrogens with one attached hydrogen (secondary N) is 2. The van der Waals surface area contributed by atoms with Crippen LogP contribution < -0.4 is 15.4 Å². The molecule has 0 spiro atoms. The van der Waals surface area contributed by atoms with E-state index < -0.39 is 0 Å². The van der Waals surface area contributed by atoms with Crippen molar-refractivity contribution in [3.8, 4) is 5.75 Å². The number of hydrogen-bond donors (Lipinski definition) is 2. The minimum Gasteiger partial charge on any atom is -0.495 e. The van der Waals surface area contributed by atoms with Gasteiger partial charge in [-0.25, -0.2) is 0 Å². The van der Waals surface area contributed by atoms with Gasteiger partial charge >= 0.3 is 0 Å². The van der Waals surface area contributed by atoms with Gasteiger partial charge in [0.15, 0.2) is 11.5 Å². The van der Waals surface area contributed by atoms with Crippen molar-refractivity contribution in [3.05, 3.63) is 71.9 Å². The number of amides is 1. The van der Waals surface area contributed by atoms with E-state index in [1.165, 1.54) is 0 Å². The first-order chi connectivity index (χ1) is 12.2. The molecule has 6 nitrogen and oxygen atoms in total. The molecule has 0 aliphatic heterocycles. The van der Waals surface area contributed by atoms with Gasteiger partial charge in [0.05, 0.1) is 12.8 Å². The van der Waals surface area contributed by atoms with E-state index in [-0.39, 0.29) is 11.6 Å². The molecule has 0 aliphatic rings. The minimum atomic E-state index is -0.345. The average Bonchev–Trinajstić information content (AvgIpc) is 2.63. The number of hydrogen-bond acceptors (Lipinski definition) is 5. The molecule has 3 rings (SSSR count). The lowest BCUT2D eigenvalue weighted by atomic mass is 10.2. The molecule has 1 heterocycles. The van der Waals surface area contributed by atoms with Crippen LogP contribution in [0.1, 0.15) is 16.1 Å². The SMILES string of the molecule is COc1ccc(C)cc1NC(=O)c1ccc(Nc2ccccc2)nn1. The van der Waals surface area contributed by atoms with Gasteiger partial charge in [0, 0.05) is 5.69 Å². The number of nitrogens with zero attached hydrogens (tertiary/aromatic N) is 2. The Morgan fingerprint density at radius 3 is 2.48 bits per heavy atom. The summed E-state index contributed by atoms with van der Waals surface area (Å²) >= 11 is 0. The number of para-hydroxylation sites is 1. The summed E-state index contributed by atoms with van der Waals surface area (Å²) in [6.45, 7) is 1.94. The van der Waals surface area contributed by atoms with Gasteiger partial charge in [-0.15, -0.1) is 10.2 Å². The third kappa shape index (κ3) is 4.11. The molecule has 0 aliphatic carbocycles. The summed E-state index contributed by atoms with van der Waals surface area (Å²) in [5.41, 5.74) is 2.74. The first-order valence-corrected chi connectivity index (χ1v) is 7.77. The molecule has 2 aromatic carbocycles. The molecule has 0 unspecified atom stereocenters. The van der Waals surface area contributed by atoms with Crippen molar-refractivity contribution in [2.24, 2.45) is 0 Å². The Bertz CT molecular complexity index is 864. The number of aryl methyl sites for hydroxylation is 1. The predicted molar refractivity (Wildman–Crippen MR) is 97.4 cm³/mol. The number of aromatic nitrogens is 2. The van der Waals surface area contributed by atoms with Crippen molar-refractivity contribution in [2.75, 3.05) is 17.7 Å². The number of carbonyl (C=O) groups is 1. The summed E-state index contributed by atoms with van der Waals surface area (Å²) in [5.74, 6) is 0.813. The van der Waals surface area contributed by atoms with Crippen molar-refractivity contribution < 1.29 is 9.53 Å². The predicted octanol–water partition coefficient (Wildman–Crippen LogP) is 3.79. The molecular weight excluding hydrogens is 316 g/mol. The number of rotatable bonds is 5. The van der Waals surface area contributed by atoms with Crippen molar-refractivity contribution in [1.29, 1.82) is 0 Å². The third-order valence-electron chi connectivity index (χ3n) is 3.55. The second kappa shape index (κ2) is 7.44. The maximum atomic E-state index is 12.4. The number of benzene rings is 2. The van der Waals surface area contributed by atoms with Crippen LogP contribution in [-0.4, -0.2) is 23.2 Å². The Morgan fingerprint density at radius 2 is 1.80 bits per heavy atom. The molecule has 6 heteroatoms. The first-order valence-electron chi connectivity index (χ1n) is 7.77. The van der Waals surface area contributed by atoms with Crippen LogP contribution in [0.25, 0.3) is 0 Å². The van der Waals surface area contributed by atoms with E-state index in [0.29, 0.717) is 17.3 Å². The van der Waals surface area contributed by atoms with Crippen molar-refractivity contribution in [1.82, 2.24) is 10.2 Å². The maximum Gasteiger partial charge on any atom is 0.276 e. The van der Waals surface area contributed by atoms with Crippen LogP contribution in [0.2, 0.25) is 0 Å². The highest BCUT2D eigenvalue weighted by molar-refractivity contribution is 6.03. The normalized spacial score (nSPS) is 10.2. The van der Waals surface area contributed by atoms with Gasteiger partial charge in [0.1, 0.15) is 5.75 Å². The van der Waals surface area contributed by atoms with E-state index >= 15 is 0 Å². The fourth-order valence-electron chi connectivity index (χ4n) is 2.30. The van der Waals surface area contributed by atoms with Crippen molar-refractivity contribution in [2.45, 2.75) is 6.92 Å². The molecular formula is C19H18N4O2. The van der Waals surface area contributed by atoms with Crippen LogP contribution in [-0.2, 0) is 0 Å². The molecule has 0 saturated heterocycles. The Hall–Kier alpha value is -3.41. The van der Waals surface area contributed by atoms with Crippen LogP contribution in [0.5, 0.6) is 5.75 Å². The number of carbonyl (C=O) groups excluding carboxylic acids is 1. The Labute approximate surface area is 145 Å². The van der Waals surface area contributed by atoms with E-state index in [1.54, 1.807) is 19.2 Å². The highest BCUT2D eigenvalue weighted by Gasteiger charge is 2.12. The number of methoxy groups -OCH3 is 1. The fraction of sp³-hybridized carbons (Fsp3) is 0.105. The monoisotopic (exact) mass is 334 g/mol. The lowest BCUT2D eigenvalue weighted by molar-refractivity contribution is 0.102. The Balaban J connectivity index is 1.72. The molecule has 2 N–H and O–H groups in total. The molecule has 3 aromatic rings. The summed E-state index contributed by atoms with van der Waals surface area (Å²) in [5, 5.41) is 13.9. The van der Waals surface area contributed by atoms with Crippen LogP contribution in [0.4, 0.5) is 17.2 Å². The molecule has 1 aromatic heterocycles. The Kier molecular flexibility index (Phi) is 4.89. The summed E-state index contributed by atoms with van der Waals surface area (Å²) in [6, 6.07) is 18.5. The van der Waals surface area contributed by atoms with Crippen LogP contribution in [0.15, 0.2) is 60.7 Å². The number of ether oxygens (including phenoxy) is 1. The third-order valence-corrected chi connectivity index (χ3v) is 3.55. The van der Waals surface area contributed by atoms with E-state index in [9.17, 15) is 4.79 Å². The second-order valence-electron chi connectivity index (χ2n) is 5.45. The smallest absolute Gasteiger partial charge is 0.276 e. The molecule has 0 radical (unpaired) electrons.